The number of amides is 1. The Balaban J connectivity index is 1.95. The van der Waals surface area contributed by atoms with Crippen LogP contribution in [-0.4, -0.2) is 24.0 Å². The molecule has 0 heterocycles. The highest BCUT2D eigenvalue weighted by molar-refractivity contribution is 9.10. The smallest absolute Gasteiger partial charge is 0.263 e. The minimum Gasteiger partial charge on any atom is -0.481 e. The molecule has 0 fully saturated rings. The second-order valence-corrected chi connectivity index (χ2v) is 5.81. The van der Waals surface area contributed by atoms with Crippen molar-refractivity contribution >= 4 is 21.8 Å². The number of ether oxygens (including phenoxy) is 1. The van der Waals surface area contributed by atoms with Gasteiger partial charge < -0.3 is 9.64 Å². The highest BCUT2D eigenvalue weighted by Gasteiger charge is 2.19. The Bertz CT molecular complexity index is 601. The van der Waals surface area contributed by atoms with Gasteiger partial charge in [-0.15, -0.1) is 0 Å². The molecule has 2 aromatic carbocycles. The van der Waals surface area contributed by atoms with E-state index in [1.165, 1.54) is 0 Å². The Morgan fingerprint density at radius 3 is 2.57 bits per heavy atom. The molecule has 110 valence electrons. The molecule has 4 heteroatoms. The molecular formula is C17H18BrNO2. The van der Waals surface area contributed by atoms with E-state index in [0.29, 0.717) is 12.3 Å². The Morgan fingerprint density at radius 2 is 1.90 bits per heavy atom. The van der Waals surface area contributed by atoms with Crippen LogP contribution in [0.1, 0.15) is 12.5 Å². The molecule has 0 bridgehead atoms. The molecule has 0 N–H and O–H groups in total. The molecule has 0 spiro atoms. The first kappa shape index (κ1) is 15.6. The summed E-state index contributed by atoms with van der Waals surface area (Å²) in [5.74, 6) is 0.636. The maximum absolute atomic E-state index is 12.3. The lowest BCUT2D eigenvalue weighted by molar-refractivity contribution is -0.137. The molecule has 2 aromatic rings. The van der Waals surface area contributed by atoms with Crippen molar-refractivity contribution in [2.24, 2.45) is 0 Å². The van der Waals surface area contributed by atoms with Crippen molar-refractivity contribution < 1.29 is 9.53 Å². The average Bonchev–Trinajstić information content (AvgIpc) is 2.47. The van der Waals surface area contributed by atoms with Crippen molar-refractivity contribution in [3.05, 3.63) is 64.6 Å². The Labute approximate surface area is 133 Å². The van der Waals surface area contributed by atoms with Crippen molar-refractivity contribution in [3.8, 4) is 5.75 Å². The van der Waals surface area contributed by atoms with E-state index in [1.807, 2.05) is 54.6 Å². The van der Waals surface area contributed by atoms with Crippen molar-refractivity contribution in [2.45, 2.75) is 19.6 Å². The summed E-state index contributed by atoms with van der Waals surface area (Å²) < 4.78 is 6.62. The van der Waals surface area contributed by atoms with Gasteiger partial charge in [0.2, 0.25) is 0 Å². The summed E-state index contributed by atoms with van der Waals surface area (Å²) in [6.07, 6.45) is -0.520. The van der Waals surface area contributed by atoms with E-state index < -0.39 is 6.10 Å². The summed E-state index contributed by atoms with van der Waals surface area (Å²) in [5, 5.41) is 0. The van der Waals surface area contributed by atoms with Crippen LogP contribution in [0.15, 0.2) is 59.1 Å². The van der Waals surface area contributed by atoms with E-state index in [0.717, 1.165) is 10.0 Å². The minimum absolute atomic E-state index is 0.0428. The SMILES string of the molecule is CC(Oc1cccc(Br)c1)C(=O)N(C)Cc1ccccc1. The minimum atomic E-state index is -0.520. The molecule has 0 aromatic heterocycles. The van der Waals surface area contributed by atoms with Crippen molar-refractivity contribution in [1.82, 2.24) is 4.90 Å². The van der Waals surface area contributed by atoms with E-state index in [2.05, 4.69) is 15.9 Å². The first-order valence-electron chi connectivity index (χ1n) is 6.77. The van der Waals surface area contributed by atoms with Gasteiger partial charge >= 0.3 is 0 Å². The molecule has 2 rings (SSSR count). The number of hydrogen-bond acceptors (Lipinski definition) is 2. The van der Waals surface area contributed by atoms with E-state index in [-0.39, 0.29) is 5.91 Å². The molecule has 1 amide bonds. The zero-order valence-corrected chi connectivity index (χ0v) is 13.7. The summed E-state index contributed by atoms with van der Waals surface area (Å²) in [5.41, 5.74) is 1.10. The van der Waals surface area contributed by atoms with Gasteiger partial charge in [-0.1, -0.05) is 52.3 Å². The molecule has 21 heavy (non-hydrogen) atoms. The van der Waals surface area contributed by atoms with Gasteiger partial charge in [-0.25, -0.2) is 0 Å². The largest absolute Gasteiger partial charge is 0.481 e. The Hall–Kier alpha value is -1.81. The molecule has 1 atom stereocenters. The summed E-state index contributed by atoms with van der Waals surface area (Å²) >= 11 is 3.39. The molecule has 0 saturated heterocycles. The van der Waals surface area contributed by atoms with E-state index in [1.54, 1.807) is 18.9 Å². The summed E-state index contributed by atoms with van der Waals surface area (Å²) in [6, 6.07) is 17.4. The number of carbonyl (C=O) groups excluding carboxylic acids is 1. The van der Waals surface area contributed by atoms with Crippen molar-refractivity contribution in [2.75, 3.05) is 7.05 Å². The highest BCUT2D eigenvalue weighted by atomic mass is 79.9. The monoisotopic (exact) mass is 347 g/mol. The number of halogens is 1. The molecular weight excluding hydrogens is 330 g/mol. The molecule has 0 aliphatic heterocycles. The van der Waals surface area contributed by atoms with Gasteiger partial charge in [0.15, 0.2) is 6.10 Å². The third kappa shape index (κ3) is 4.60. The summed E-state index contributed by atoms with van der Waals surface area (Å²) in [7, 11) is 1.79. The fourth-order valence-electron chi connectivity index (χ4n) is 2.04. The number of nitrogens with zero attached hydrogens (tertiary/aromatic N) is 1. The zero-order chi connectivity index (χ0) is 15.2. The first-order valence-corrected chi connectivity index (χ1v) is 7.56. The van der Waals surface area contributed by atoms with Gasteiger partial charge in [0.25, 0.3) is 5.91 Å². The zero-order valence-electron chi connectivity index (χ0n) is 12.1. The number of likely N-dealkylation sites (N-methyl/N-ethyl adjacent to an activating group) is 1. The van der Waals surface area contributed by atoms with Gasteiger partial charge in [0.1, 0.15) is 5.75 Å². The predicted octanol–water partition coefficient (Wildman–Crippen LogP) is 3.88. The van der Waals surface area contributed by atoms with Crippen LogP contribution in [0, 0.1) is 0 Å². The van der Waals surface area contributed by atoms with Gasteiger partial charge in [-0.05, 0) is 30.7 Å². The fraction of sp³-hybridized carbons (Fsp3) is 0.235. The van der Waals surface area contributed by atoms with Crippen LogP contribution >= 0.6 is 15.9 Å². The number of carbonyl (C=O) groups is 1. The van der Waals surface area contributed by atoms with E-state index >= 15 is 0 Å². The second-order valence-electron chi connectivity index (χ2n) is 4.90. The van der Waals surface area contributed by atoms with E-state index in [4.69, 9.17) is 4.74 Å². The van der Waals surface area contributed by atoms with Crippen LogP contribution in [0.4, 0.5) is 0 Å². The summed E-state index contributed by atoms with van der Waals surface area (Å²) in [4.78, 5) is 14.0. The molecule has 0 aliphatic carbocycles. The molecule has 3 nitrogen and oxygen atoms in total. The topological polar surface area (TPSA) is 29.5 Å². The number of hydrogen-bond donors (Lipinski definition) is 0. The lowest BCUT2D eigenvalue weighted by Gasteiger charge is -2.22. The Morgan fingerprint density at radius 1 is 1.19 bits per heavy atom. The lowest BCUT2D eigenvalue weighted by atomic mass is 10.2. The van der Waals surface area contributed by atoms with Gasteiger partial charge in [-0.3, -0.25) is 4.79 Å². The van der Waals surface area contributed by atoms with Crippen LogP contribution in [0.3, 0.4) is 0 Å². The standard InChI is InChI=1S/C17H18BrNO2/c1-13(21-16-10-6-9-15(18)11-16)17(20)19(2)12-14-7-4-3-5-8-14/h3-11,13H,12H2,1-2H3. The van der Waals surface area contributed by atoms with Crippen molar-refractivity contribution in [1.29, 1.82) is 0 Å². The molecule has 1 unspecified atom stereocenters. The fourth-order valence-corrected chi connectivity index (χ4v) is 2.42. The predicted molar refractivity (Wildman–Crippen MR) is 87.1 cm³/mol. The Kier molecular flexibility index (Phi) is 5.39. The van der Waals surface area contributed by atoms with Gasteiger partial charge in [-0.2, -0.15) is 0 Å². The van der Waals surface area contributed by atoms with Crippen LogP contribution in [0.5, 0.6) is 5.75 Å². The lowest BCUT2D eigenvalue weighted by Crippen LogP contribution is -2.37. The van der Waals surface area contributed by atoms with E-state index in [9.17, 15) is 4.79 Å². The third-order valence-electron chi connectivity index (χ3n) is 3.10. The van der Waals surface area contributed by atoms with Crippen LogP contribution in [0.25, 0.3) is 0 Å². The molecule has 0 saturated carbocycles. The van der Waals surface area contributed by atoms with Crippen LogP contribution in [0.2, 0.25) is 0 Å². The summed E-state index contributed by atoms with van der Waals surface area (Å²) in [6.45, 7) is 2.34. The highest BCUT2D eigenvalue weighted by Crippen LogP contribution is 2.19. The first-order chi connectivity index (χ1) is 10.1. The third-order valence-corrected chi connectivity index (χ3v) is 3.59. The quantitative estimate of drug-likeness (QED) is 0.821. The van der Waals surface area contributed by atoms with Crippen LogP contribution < -0.4 is 4.74 Å². The van der Waals surface area contributed by atoms with Crippen LogP contribution in [-0.2, 0) is 11.3 Å². The maximum Gasteiger partial charge on any atom is 0.263 e. The normalized spacial score (nSPS) is 11.8. The number of benzene rings is 2. The molecule has 0 aliphatic rings. The van der Waals surface area contributed by atoms with Gasteiger partial charge in [0, 0.05) is 18.1 Å². The second kappa shape index (κ2) is 7.27. The molecule has 0 radical (unpaired) electrons. The van der Waals surface area contributed by atoms with Crippen molar-refractivity contribution in [3.63, 3.8) is 0 Å². The van der Waals surface area contributed by atoms with Gasteiger partial charge in [0.05, 0.1) is 0 Å². The number of rotatable bonds is 5. The maximum atomic E-state index is 12.3. The average molecular weight is 348 g/mol.